The van der Waals surface area contributed by atoms with Crippen LogP contribution in [0.5, 0.6) is 0 Å². The molecule has 8 heteroatoms. The van der Waals surface area contributed by atoms with Gasteiger partial charge in [0.25, 0.3) is 5.69 Å². The highest BCUT2D eigenvalue weighted by Crippen LogP contribution is 2.26. The molecule has 0 spiro atoms. The molecule has 8 nitrogen and oxygen atoms in total. The molecule has 0 saturated carbocycles. The van der Waals surface area contributed by atoms with Crippen LogP contribution in [0.3, 0.4) is 0 Å². The number of carbonyl (C=O) groups is 1. The molecule has 23 heavy (non-hydrogen) atoms. The first-order chi connectivity index (χ1) is 11.0. The van der Waals surface area contributed by atoms with Crippen LogP contribution < -0.4 is 5.32 Å². The average Bonchev–Trinajstić information content (AvgIpc) is 2.94. The molecule has 0 aliphatic carbocycles. The zero-order valence-electron chi connectivity index (χ0n) is 13.1. The Morgan fingerprint density at radius 1 is 1.35 bits per heavy atom. The second-order valence-corrected chi connectivity index (χ2v) is 5.26. The molecule has 0 radical (unpaired) electrons. The van der Waals surface area contributed by atoms with Crippen molar-refractivity contribution in [3.63, 3.8) is 0 Å². The minimum Gasteiger partial charge on any atom is -0.349 e. The van der Waals surface area contributed by atoms with E-state index in [1.165, 1.54) is 6.07 Å². The van der Waals surface area contributed by atoms with E-state index in [0.717, 1.165) is 0 Å². The van der Waals surface area contributed by atoms with Gasteiger partial charge in [-0.3, -0.25) is 19.6 Å². The van der Waals surface area contributed by atoms with Gasteiger partial charge in [0.15, 0.2) is 5.82 Å². The molecule has 1 heterocycles. The first-order valence-electron chi connectivity index (χ1n) is 7.21. The molecule has 2 rings (SSSR count). The fourth-order valence-corrected chi connectivity index (χ4v) is 2.05. The van der Waals surface area contributed by atoms with E-state index < -0.39 is 4.92 Å². The molecule has 122 valence electrons. The van der Waals surface area contributed by atoms with E-state index in [9.17, 15) is 14.9 Å². The molecular formula is C15H19N5O3. The number of nitro groups is 1. The number of nitrogens with zero attached hydrogens (tertiary/aromatic N) is 4. The highest BCUT2D eigenvalue weighted by molar-refractivity contribution is 5.75. The summed E-state index contributed by atoms with van der Waals surface area (Å²) in [6.45, 7) is 0.609. The van der Waals surface area contributed by atoms with E-state index in [0.29, 0.717) is 30.9 Å². The maximum absolute atomic E-state index is 11.5. The number of benzene rings is 1. The van der Waals surface area contributed by atoms with Gasteiger partial charge in [-0.2, -0.15) is 5.10 Å². The molecule has 1 N–H and O–H groups in total. The van der Waals surface area contributed by atoms with Crippen LogP contribution in [0.25, 0.3) is 0 Å². The highest BCUT2D eigenvalue weighted by atomic mass is 16.6. The number of hydrogen-bond donors (Lipinski definition) is 1. The Balaban J connectivity index is 1.95. The molecule has 0 fully saturated rings. The van der Waals surface area contributed by atoms with Crippen LogP contribution in [0.1, 0.15) is 12.8 Å². The van der Waals surface area contributed by atoms with E-state index >= 15 is 0 Å². The molecule has 0 atom stereocenters. The van der Waals surface area contributed by atoms with Crippen LogP contribution >= 0.6 is 0 Å². The molecule has 0 unspecified atom stereocenters. The topological polar surface area (TPSA) is 93.3 Å². The number of aromatic nitrogens is 2. The van der Waals surface area contributed by atoms with Crippen molar-refractivity contribution < 1.29 is 9.72 Å². The van der Waals surface area contributed by atoms with Gasteiger partial charge in [0.05, 0.1) is 4.92 Å². The number of hydrogen-bond acceptors (Lipinski definition) is 5. The average molecular weight is 317 g/mol. The summed E-state index contributed by atoms with van der Waals surface area (Å²) in [5.74, 6) is 0.605. The fraction of sp³-hybridized carbons (Fsp3) is 0.333. The fourth-order valence-electron chi connectivity index (χ4n) is 2.05. The van der Waals surface area contributed by atoms with Crippen LogP contribution in [0.15, 0.2) is 36.5 Å². The first kappa shape index (κ1) is 16.5. The summed E-state index contributed by atoms with van der Waals surface area (Å²) in [6, 6.07) is 8.15. The smallest absolute Gasteiger partial charge is 0.292 e. The third kappa shape index (κ3) is 4.53. The van der Waals surface area contributed by atoms with E-state index in [2.05, 4.69) is 10.4 Å². The highest BCUT2D eigenvalue weighted by Gasteiger charge is 2.13. The quantitative estimate of drug-likeness (QED) is 0.625. The van der Waals surface area contributed by atoms with Gasteiger partial charge in [-0.15, -0.1) is 0 Å². The molecule has 0 saturated heterocycles. The number of carbonyl (C=O) groups excluding carboxylic acids is 1. The SMILES string of the molecule is CN(C)C(=O)CCCn1ccc(Nc2ccccc2[N+](=O)[O-])n1. The van der Waals surface area contributed by atoms with Crippen molar-refractivity contribution >= 4 is 23.1 Å². The van der Waals surface area contributed by atoms with E-state index in [1.54, 1.807) is 54.1 Å². The van der Waals surface area contributed by atoms with Crippen molar-refractivity contribution in [1.82, 2.24) is 14.7 Å². The van der Waals surface area contributed by atoms with Gasteiger partial charge in [-0.25, -0.2) is 0 Å². The van der Waals surface area contributed by atoms with Crippen molar-refractivity contribution in [3.05, 3.63) is 46.6 Å². The molecule has 0 aliphatic heterocycles. The van der Waals surface area contributed by atoms with Crippen LogP contribution in [-0.2, 0) is 11.3 Å². The summed E-state index contributed by atoms with van der Waals surface area (Å²) >= 11 is 0. The zero-order valence-corrected chi connectivity index (χ0v) is 13.1. The van der Waals surface area contributed by atoms with Crippen LogP contribution in [0, 0.1) is 10.1 Å². The molecule has 0 bridgehead atoms. The van der Waals surface area contributed by atoms with Crippen molar-refractivity contribution in [2.75, 3.05) is 19.4 Å². The second-order valence-electron chi connectivity index (χ2n) is 5.26. The first-order valence-corrected chi connectivity index (χ1v) is 7.21. The van der Waals surface area contributed by atoms with Crippen molar-refractivity contribution in [1.29, 1.82) is 0 Å². The lowest BCUT2D eigenvalue weighted by Gasteiger charge is -2.09. The number of amides is 1. The number of para-hydroxylation sites is 2. The van der Waals surface area contributed by atoms with Gasteiger partial charge in [-0.05, 0) is 12.5 Å². The van der Waals surface area contributed by atoms with Crippen LogP contribution in [-0.4, -0.2) is 39.6 Å². The summed E-state index contributed by atoms with van der Waals surface area (Å²) in [4.78, 5) is 23.6. The predicted molar refractivity (Wildman–Crippen MR) is 86.5 cm³/mol. The lowest BCUT2D eigenvalue weighted by atomic mass is 10.2. The van der Waals surface area contributed by atoms with Gasteiger partial charge < -0.3 is 10.2 Å². The van der Waals surface area contributed by atoms with E-state index in [4.69, 9.17) is 0 Å². The Bertz CT molecular complexity index is 696. The normalized spacial score (nSPS) is 10.3. The molecule has 0 aliphatic rings. The molecule has 2 aromatic rings. The Labute approximate surface area is 133 Å². The summed E-state index contributed by atoms with van der Waals surface area (Å²) < 4.78 is 1.71. The van der Waals surface area contributed by atoms with E-state index in [1.807, 2.05) is 0 Å². The third-order valence-corrected chi connectivity index (χ3v) is 3.28. The van der Waals surface area contributed by atoms with Crippen LogP contribution in [0.2, 0.25) is 0 Å². The van der Waals surface area contributed by atoms with Gasteiger partial charge in [0, 0.05) is 45.4 Å². The summed E-state index contributed by atoms with van der Waals surface area (Å²) in [5.41, 5.74) is 0.393. The summed E-state index contributed by atoms with van der Waals surface area (Å²) in [7, 11) is 3.45. The Kier molecular flexibility index (Phi) is 5.29. The number of nitro benzene ring substituents is 1. The number of rotatable bonds is 7. The molecule has 1 aromatic carbocycles. The van der Waals surface area contributed by atoms with Gasteiger partial charge in [0.1, 0.15) is 5.69 Å². The Morgan fingerprint density at radius 2 is 2.09 bits per heavy atom. The van der Waals surface area contributed by atoms with Gasteiger partial charge in [-0.1, -0.05) is 12.1 Å². The van der Waals surface area contributed by atoms with E-state index in [-0.39, 0.29) is 11.6 Å². The lowest BCUT2D eigenvalue weighted by Crippen LogP contribution is -2.21. The summed E-state index contributed by atoms with van der Waals surface area (Å²) in [5, 5.41) is 18.2. The lowest BCUT2D eigenvalue weighted by molar-refractivity contribution is -0.383. The Morgan fingerprint density at radius 3 is 2.78 bits per heavy atom. The monoisotopic (exact) mass is 317 g/mol. The predicted octanol–water partition coefficient (Wildman–Crippen LogP) is 2.40. The largest absolute Gasteiger partial charge is 0.349 e. The number of aryl methyl sites for hydroxylation is 1. The minimum absolute atomic E-state index is 0.00127. The maximum atomic E-state index is 11.5. The van der Waals surface area contributed by atoms with Crippen LogP contribution in [0.4, 0.5) is 17.2 Å². The van der Waals surface area contributed by atoms with Crippen molar-refractivity contribution in [2.45, 2.75) is 19.4 Å². The maximum Gasteiger partial charge on any atom is 0.292 e. The second kappa shape index (κ2) is 7.39. The zero-order chi connectivity index (χ0) is 16.8. The Hall–Kier alpha value is -2.90. The summed E-state index contributed by atoms with van der Waals surface area (Å²) in [6.07, 6.45) is 2.92. The third-order valence-electron chi connectivity index (χ3n) is 3.28. The van der Waals surface area contributed by atoms with Gasteiger partial charge >= 0.3 is 0 Å². The molecule has 1 aromatic heterocycles. The minimum atomic E-state index is -0.438. The van der Waals surface area contributed by atoms with Gasteiger partial charge in [0.2, 0.25) is 5.91 Å². The molecule has 1 amide bonds. The standard InChI is InChI=1S/C15H19N5O3/c1-18(2)15(21)8-5-10-19-11-9-14(17-19)16-12-6-3-4-7-13(12)20(22)23/h3-4,6-7,9,11H,5,8,10H2,1-2H3,(H,16,17). The number of anilines is 2. The number of nitrogens with one attached hydrogen (secondary N) is 1. The van der Waals surface area contributed by atoms with Crippen molar-refractivity contribution in [2.24, 2.45) is 0 Å². The molecular weight excluding hydrogens is 298 g/mol. The van der Waals surface area contributed by atoms with Crippen molar-refractivity contribution in [3.8, 4) is 0 Å².